The van der Waals surface area contributed by atoms with Crippen LogP contribution in [0, 0.1) is 13.8 Å². The lowest BCUT2D eigenvalue weighted by molar-refractivity contribution is 0.0820. The van der Waals surface area contributed by atoms with Gasteiger partial charge in [-0.15, -0.1) is 0 Å². The van der Waals surface area contributed by atoms with Crippen LogP contribution in [0.15, 0.2) is 6.07 Å². The van der Waals surface area contributed by atoms with Crippen LogP contribution in [0.25, 0.3) is 0 Å². The second-order valence-corrected chi connectivity index (χ2v) is 6.77. The molecule has 0 aromatic carbocycles. The fourth-order valence-corrected chi connectivity index (χ4v) is 3.28. The summed E-state index contributed by atoms with van der Waals surface area (Å²) in [5, 5.41) is 0. The molecular formula is C17H27N5O2. The first-order chi connectivity index (χ1) is 11.5. The van der Waals surface area contributed by atoms with E-state index in [0.717, 1.165) is 63.6 Å². The molecule has 0 N–H and O–H groups in total. The predicted molar refractivity (Wildman–Crippen MR) is 91.2 cm³/mol. The number of aryl methyl sites for hydroxylation is 2. The van der Waals surface area contributed by atoms with E-state index in [1.54, 1.807) is 0 Å². The third-order valence-electron chi connectivity index (χ3n) is 4.72. The Morgan fingerprint density at radius 1 is 1.04 bits per heavy atom. The Balaban J connectivity index is 1.49. The second-order valence-electron chi connectivity index (χ2n) is 6.77. The minimum atomic E-state index is 0.121. The maximum atomic E-state index is 12.6. The first kappa shape index (κ1) is 17.0. The lowest BCUT2D eigenvalue weighted by Crippen LogP contribution is -2.54. The molecule has 2 fully saturated rings. The van der Waals surface area contributed by atoms with Crippen molar-refractivity contribution in [2.45, 2.75) is 32.8 Å². The van der Waals surface area contributed by atoms with Crippen molar-refractivity contribution >= 4 is 6.03 Å². The molecule has 0 saturated carbocycles. The van der Waals surface area contributed by atoms with Crippen molar-refractivity contribution < 1.29 is 9.53 Å². The molecule has 0 spiro atoms. The van der Waals surface area contributed by atoms with Crippen molar-refractivity contribution in [2.24, 2.45) is 0 Å². The number of rotatable bonds is 2. The highest BCUT2D eigenvalue weighted by molar-refractivity contribution is 5.74. The highest BCUT2D eigenvalue weighted by atomic mass is 16.5. The van der Waals surface area contributed by atoms with Crippen LogP contribution < -0.4 is 4.74 Å². The van der Waals surface area contributed by atoms with Gasteiger partial charge < -0.3 is 19.4 Å². The number of amides is 2. The summed E-state index contributed by atoms with van der Waals surface area (Å²) in [6.45, 7) is 8.87. The van der Waals surface area contributed by atoms with Crippen molar-refractivity contribution in [1.29, 1.82) is 0 Å². The average Bonchev–Trinajstić information content (AvgIpc) is 2.55. The topological polar surface area (TPSA) is 61.8 Å². The molecule has 7 nitrogen and oxygen atoms in total. The molecule has 1 aromatic rings. The summed E-state index contributed by atoms with van der Waals surface area (Å²) in [4.78, 5) is 27.4. The Kier molecular flexibility index (Phi) is 5.18. The van der Waals surface area contributed by atoms with Gasteiger partial charge in [-0.25, -0.2) is 9.78 Å². The van der Waals surface area contributed by atoms with E-state index in [0.29, 0.717) is 5.88 Å². The van der Waals surface area contributed by atoms with Gasteiger partial charge in [0, 0.05) is 63.9 Å². The van der Waals surface area contributed by atoms with Crippen LogP contribution in [0.5, 0.6) is 5.88 Å². The molecule has 7 heteroatoms. The van der Waals surface area contributed by atoms with E-state index in [9.17, 15) is 4.79 Å². The highest BCUT2D eigenvalue weighted by Gasteiger charge is 2.28. The van der Waals surface area contributed by atoms with Gasteiger partial charge in [0.25, 0.3) is 0 Å². The summed E-state index contributed by atoms with van der Waals surface area (Å²) in [6, 6.07) is 2.05. The standard InChI is InChI=1S/C17H27N5O2/c1-13-12-16(19-14(2)18-13)24-15-4-6-21(7-5-15)17(23)22-10-8-20(3)9-11-22/h12,15H,4-11H2,1-3H3. The van der Waals surface area contributed by atoms with Crippen LogP contribution in [0.3, 0.4) is 0 Å². The molecule has 0 bridgehead atoms. The minimum absolute atomic E-state index is 0.121. The fraction of sp³-hybridized carbons (Fsp3) is 0.706. The average molecular weight is 333 g/mol. The zero-order valence-corrected chi connectivity index (χ0v) is 14.9. The Morgan fingerprint density at radius 2 is 1.67 bits per heavy atom. The molecule has 2 amide bonds. The van der Waals surface area contributed by atoms with E-state index in [1.165, 1.54) is 0 Å². The van der Waals surface area contributed by atoms with E-state index in [2.05, 4.69) is 21.9 Å². The molecular weight excluding hydrogens is 306 g/mol. The van der Waals surface area contributed by atoms with Gasteiger partial charge in [-0.3, -0.25) is 0 Å². The van der Waals surface area contributed by atoms with Crippen LogP contribution in [0.4, 0.5) is 4.79 Å². The minimum Gasteiger partial charge on any atom is -0.474 e. The third-order valence-corrected chi connectivity index (χ3v) is 4.72. The maximum absolute atomic E-state index is 12.6. The van der Waals surface area contributed by atoms with Crippen molar-refractivity contribution in [3.8, 4) is 5.88 Å². The molecule has 3 heterocycles. The summed E-state index contributed by atoms with van der Waals surface area (Å²) in [5.74, 6) is 1.37. The zero-order chi connectivity index (χ0) is 17.1. The summed E-state index contributed by atoms with van der Waals surface area (Å²) in [6.07, 6.45) is 1.82. The monoisotopic (exact) mass is 333 g/mol. The molecule has 0 atom stereocenters. The SMILES string of the molecule is Cc1cc(OC2CCN(C(=O)N3CCN(C)CC3)CC2)nc(C)n1. The molecule has 0 aliphatic carbocycles. The molecule has 24 heavy (non-hydrogen) atoms. The zero-order valence-electron chi connectivity index (χ0n) is 14.9. The molecule has 2 saturated heterocycles. The molecule has 1 aromatic heterocycles. The van der Waals surface area contributed by atoms with E-state index >= 15 is 0 Å². The van der Waals surface area contributed by atoms with Gasteiger partial charge in [0.05, 0.1) is 0 Å². The Labute approximate surface area is 143 Å². The van der Waals surface area contributed by atoms with E-state index < -0.39 is 0 Å². The van der Waals surface area contributed by atoms with Gasteiger partial charge in [-0.1, -0.05) is 0 Å². The van der Waals surface area contributed by atoms with E-state index in [1.807, 2.05) is 29.7 Å². The van der Waals surface area contributed by atoms with Gasteiger partial charge in [-0.2, -0.15) is 4.98 Å². The number of likely N-dealkylation sites (tertiary alicyclic amines) is 1. The van der Waals surface area contributed by atoms with Gasteiger partial charge in [-0.05, 0) is 20.9 Å². The molecule has 2 aliphatic rings. The fourth-order valence-electron chi connectivity index (χ4n) is 3.28. The molecule has 2 aliphatic heterocycles. The molecule has 0 radical (unpaired) electrons. The van der Waals surface area contributed by atoms with Gasteiger partial charge in [0.2, 0.25) is 5.88 Å². The summed E-state index contributed by atoms with van der Waals surface area (Å²) < 4.78 is 6.00. The number of ether oxygens (including phenoxy) is 1. The largest absolute Gasteiger partial charge is 0.474 e. The number of carbonyl (C=O) groups is 1. The molecule has 3 rings (SSSR count). The van der Waals surface area contributed by atoms with E-state index in [-0.39, 0.29) is 12.1 Å². The number of urea groups is 1. The van der Waals surface area contributed by atoms with Crippen molar-refractivity contribution in [3.63, 3.8) is 0 Å². The van der Waals surface area contributed by atoms with Crippen LogP contribution in [-0.4, -0.2) is 83.1 Å². The number of nitrogens with zero attached hydrogens (tertiary/aromatic N) is 5. The first-order valence-electron chi connectivity index (χ1n) is 8.72. The van der Waals surface area contributed by atoms with Crippen LogP contribution in [-0.2, 0) is 0 Å². The van der Waals surface area contributed by atoms with Gasteiger partial charge in [0.1, 0.15) is 11.9 Å². The predicted octanol–water partition coefficient (Wildman–Crippen LogP) is 1.30. The summed E-state index contributed by atoms with van der Waals surface area (Å²) >= 11 is 0. The number of carbonyl (C=O) groups excluding carboxylic acids is 1. The first-order valence-corrected chi connectivity index (χ1v) is 8.72. The number of hydrogen-bond acceptors (Lipinski definition) is 5. The van der Waals surface area contributed by atoms with Crippen molar-refractivity contribution in [2.75, 3.05) is 46.3 Å². The van der Waals surface area contributed by atoms with Crippen LogP contribution in [0.2, 0.25) is 0 Å². The smallest absolute Gasteiger partial charge is 0.320 e. The highest BCUT2D eigenvalue weighted by Crippen LogP contribution is 2.19. The Bertz CT molecular complexity index is 558. The molecule has 132 valence electrons. The lowest BCUT2D eigenvalue weighted by Gasteiger charge is -2.38. The number of aromatic nitrogens is 2. The Morgan fingerprint density at radius 3 is 2.29 bits per heavy atom. The number of piperidine rings is 1. The van der Waals surface area contributed by atoms with Crippen LogP contribution >= 0.6 is 0 Å². The maximum Gasteiger partial charge on any atom is 0.320 e. The summed E-state index contributed by atoms with van der Waals surface area (Å²) in [5.41, 5.74) is 0.917. The molecule has 0 unspecified atom stereocenters. The normalized spacial score (nSPS) is 20.3. The summed E-state index contributed by atoms with van der Waals surface area (Å²) in [7, 11) is 2.10. The van der Waals surface area contributed by atoms with E-state index in [4.69, 9.17) is 4.74 Å². The second kappa shape index (κ2) is 7.34. The number of likely N-dealkylation sites (N-methyl/N-ethyl adjacent to an activating group) is 1. The lowest BCUT2D eigenvalue weighted by atomic mass is 10.1. The number of piperazine rings is 1. The Hall–Kier alpha value is -1.89. The van der Waals surface area contributed by atoms with Crippen molar-refractivity contribution in [3.05, 3.63) is 17.6 Å². The quantitative estimate of drug-likeness (QED) is 0.816. The third kappa shape index (κ3) is 4.14. The van der Waals surface area contributed by atoms with Gasteiger partial charge >= 0.3 is 6.03 Å². The van der Waals surface area contributed by atoms with Gasteiger partial charge in [0.15, 0.2) is 0 Å². The van der Waals surface area contributed by atoms with Crippen molar-refractivity contribution in [1.82, 2.24) is 24.7 Å². The van der Waals surface area contributed by atoms with Crippen LogP contribution in [0.1, 0.15) is 24.4 Å². The number of hydrogen-bond donors (Lipinski definition) is 0.